The summed E-state index contributed by atoms with van der Waals surface area (Å²) in [6.07, 6.45) is 4.02. The lowest BCUT2D eigenvalue weighted by molar-refractivity contribution is -0.122. The van der Waals surface area contributed by atoms with Crippen LogP contribution in [0.25, 0.3) is 0 Å². The fourth-order valence-corrected chi connectivity index (χ4v) is 2.80. The fraction of sp³-hybridized carbons (Fsp3) is 0.588. The zero-order valence-electron chi connectivity index (χ0n) is 13.0. The standard InChI is InChI=1S/C17H26N2O2/c1-13(15-4-6-16(21-2)7-5-15)19-17(20)8-3-14-9-11-18-12-10-14/h4-7,13-14,18H,3,8-12H2,1-2H3,(H,19,20)/t13-/m0/s1. The van der Waals surface area contributed by atoms with Gasteiger partial charge in [0.05, 0.1) is 13.2 Å². The lowest BCUT2D eigenvalue weighted by Crippen LogP contribution is -2.30. The minimum atomic E-state index is 0.0384. The summed E-state index contributed by atoms with van der Waals surface area (Å²) >= 11 is 0. The van der Waals surface area contributed by atoms with Gasteiger partial charge in [-0.3, -0.25) is 4.79 Å². The van der Waals surface area contributed by atoms with E-state index in [0.717, 1.165) is 30.8 Å². The fourth-order valence-electron chi connectivity index (χ4n) is 2.80. The molecule has 1 aliphatic heterocycles. The topological polar surface area (TPSA) is 50.4 Å². The van der Waals surface area contributed by atoms with Crippen molar-refractivity contribution < 1.29 is 9.53 Å². The molecule has 2 N–H and O–H groups in total. The van der Waals surface area contributed by atoms with Crippen LogP contribution in [0.3, 0.4) is 0 Å². The smallest absolute Gasteiger partial charge is 0.220 e. The van der Waals surface area contributed by atoms with Crippen molar-refractivity contribution in [1.29, 1.82) is 0 Å². The zero-order chi connectivity index (χ0) is 15.1. The molecule has 1 aliphatic rings. The summed E-state index contributed by atoms with van der Waals surface area (Å²) in [5, 5.41) is 6.43. The van der Waals surface area contributed by atoms with Gasteiger partial charge in [-0.1, -0.05) is 12.1 Å². The van der Waals surface area contributed by atoms with Crippen molar-refractivity contribution in [2.24, 2.45) is 5.92 Å². The summed E-state index contributed by atoms with van der Waals surface area (Å²) in [6, 6.07) is 7.88. The maximum Gasteiger partial charge on any atom is 0.220 e. The van der Waals surface area contributed by atoms with Crippen LogP contribution in [0.4, 0.5) is 0 Å². The van der Waals surface area contributed by atoms with Crippen molar-refractivity contribution in [3.05, 3.63) is 29.8 Å². The summed E-state index contributed by atoms with van der Waals surface area (Å²) < 4.78 is 5.14. The molecule has 1 aromatic carbocycles. The van der Waals surface area contributed by atoms with Crippen molar-refractivity contribution in [3.8, 4) is 5.75 Å². The maximum absolute atomic E-state index is 12.0. The van der Waals surface area contributed by atoms with Crippen LogP contribution in [0.2, 0.25) is 0 Å². The summed E-state index contributed by atoms with van der Waals surface area (Å²) in [5.74, 6) is 1.69. The maximum atomic E-state index is 12.0. The van der Waals surface area contributed by atoms with E-state index >= 15 is 0 Å². The van der Waals surface area contributed by atoms with Crippen LogP contribution in [-0.4, -0.2) is 26.1 Å². The molecule has 0 aliphatic carbocycles. The second-order valence-electron chi connectivity index (χ2n) is 5.79. The van der Waals surface area contributed by atoms with Gasteiger partial charge < -0.3 is 15.4 Å². The molecular formula is C17H26N2O2. The highest BCUT2D eigenvalue weighted by Gasteiger charge is 2.15. The van der Waals surface area contributed by atoms with E-state index in [0.29, 0.717) is 12.3 Å². The van der Waals surface area contributed by atoms with Gasteiger partial charge >= 0.3 is 0 Å². The first kappa shape index (κ1) is 15.8. The highest BCUT2D eigenvalue weighted by Crippen LogP contribution is 2.19. The van der Waals surface area contributed by atoms with Crippen LogP contribution < -0.4 is 15.4 Å². The lowest BCUT2D eigenvalue weighted by atomic mass is 9.93. The van der Waals surface area contributed by atoms with Crippen molar-refractivity contribution in [3.63, 3.8) is 0 Å². The molecule has 1 amide bonds. The van der Waals surface area contributed by atoms with Gasteiger partial charge in [-0.2, -0.15) is 0 Å². The van der Waals surface area contributed by atoms with Crippen molar-refractivity contribution in [2.75, 3.05) is 20.2 Å². The average molecular weight is 290 g/mol. The van der Waals surface area contributed by atoms with Crippen LogP contribution in [-0.2, 0) is 4.79 Å². The largest absolute Gasteiger partial charge is 0.497 e. The molecule has 1 heterocycles. The first-order valence-electron chi connectivity index (χ1n) is 7.83. The van der Waals surface area contributed by atoms with Crippen molar-refractivity contribution >= 4 is 5.91 Å². The van der Waals surface area contributed by atoms with Crippen LogP contribution >= 0.6 is 0 Å². The second-order valence-corrected chi connectivity index (χ2v) is 5.79. The minimum Gasteiger partial charge on any atom is -0.497 e. The lowest BCUT2D eigenvalue weighted by Gasteiger charge is -2.22. The highest BCUT2D eigenvalue weighted by molar-refractivity contribution is 5.76. The minimum absolute atomic E-state index is 0.0384. The third kappa shape index (κ3) is 5.05. The van der Waals surface area contributed by atoms with Crippen LogP contribution in [0, 0.1) is 5.92 Å². The van der Waals surface area contributed by atoms with E-state index in [4.69, 9.17) is 4.74 Å². The van der Waals surface area contributed by atoms with Crippen molar-refractivity contribution in [1.82, 2.24) is 10.6 Å². The molecule has 0 unspecified atom stereocenters. The van der Waals surface area contributed by atoms with E-state index in [2.05, 4.69) is 10.6 Å². The summed E-state index contributed by atoms with van der Waals surface area (Å²) in [6.45, 7) is 4.20. The number of piperidine rings is 1. The summed E-state index contributed by atoms with van der Waals surface area (Å²) in [5.41, 5.74) is 1.10. The molecule has 0 saturated carbocycles. The van der Waals surface area contributed by atoms with E-state index in [1.165, 1.54) is 12.8 Å². The average Bonchev–Trinajstić information content (AvgIpc) is 2.54. The third-order valence-corrected chi connectivity index (χ3v) is 4.23. The molecule has 1 saturated heterocycles. The van der Waals surface area contributed by atoms with Gasteiger partial charge in [0.1, 0.15) is 5.75 Å². The Balaban J connectivity index is 1.75. The monoisotopic (exact) mass is 290 g/mol. The van der Waals surface area contributed by atoms with Crippen LogP contribution in [0.1, 0.15) is 44.2 Å². The van der Waals surface area contributed by atoms with E-state index in [9.17, 15) is 4.79 Å². The Hall–Kier alpha value is -1.55. The number of amides is 1. The molecule has 116 valence electrons. The molecular weight excluding hydrogens is 264 g/mol. The van der Waals surface area contributed by atoms with E-state index in [1.54, 1.807) is 7.11 Å². The van der Waals surface area contributed by atoms with Gasteiger partial charge in [0.2, 0.25) is 5.91 Å². The Labute approximate surface area is 127 Å². The Morgan fingerprint density at radius 3 is 2.62 bits per heavy atom. The molecule has 0 bridgehead atoms. The normalized spacial score (nSPS) is 17.2. The number of benzene rings is 1. The Morgan fingerprint density at radius 1 is 1.33 bits per heavy atom. The Bertz CT molecular complexity index is 439. The van der Waals surface area contributed by atoms with E-state index in [-0.39, 0.29) is 11.9 Å². The predicted molar refractivity (Wildman–Crippen MR) is 84.4 cm³/mol. The second kappa shape index (κ2) is 8.03. The van der Waals surface area contributed by atoms with Crippen LogP contribution in [0.15, 0.2) is 24.3 Å². The quantitative estimate of drug-likeness (QED) is 0.847. The zero-order valence-corrected chi connectivity index (χ0v) is 13.0. The molecule has 1 atom stereocenters. The number of hydrogen-bond donors (Lipinski definition) is 2. The Morgan fingerprint density at radius 2 is 2.00 bits per heavy atom. The number of ether oxygens (including phenoxy) is 1. The van der Waals surface area contributed by atoms with Crippen molar-refractivity contribution in [2.45, 2.75) is 38.6 Å². The van der Waals surface area contributed by atoms with Gasteiger partial charge in [-0.05, 0) is 62.9 Å². The molecule has 21 heavy (non-hydrogen) atoms. The summed E-state index contributed by atoms with van der Waals surface area (Å²) in [7, 11) is 1.65. The number of methoxy groups -OCH3 is 1. The van der Waals surface area contributed by atoms with Gasteiger partial charge in [0, 0.05) is 6.42 Å². The van der Waals surface area contributed by atoms with Gasteiger partial charge in [-0.15, -0.1) is 0 Å². The number of carbonyl (C=O) groups excluding carboxylic acids is 1. The number of rotatable bonds is 6. The summed E-state index contributed by atoms with van der Waals surface area (Å²) in [4.78, 5) is 12.0. The molecule has 4 heteroatoms. The molecule has 1 fully saturated rings. The molecule has 0 aromatic heterocycles. The van der Waals surface area contributed by atoms with Gasteiger partial charge in [-0.25, -0.2) is 0 Å². The Kier molecular flexibility index (Phi) is 6.05. The first-order valence-corrected chi connectivity index (χ1v) is 7.83. The highest BCUT2D eigenvalue weighted by atomic mass is 16.5. The van der Waals surface area contributed by atoms with E-state index in [1.807, 2.05) is 31.2 Å². The molecule has 4 nitrogen and oxygen atoms in total. The number of hydrogen-bond acceptors (Lipinski definition) is 3. The molecule has 1 aromatic rings. The van der Waals surface area contributed by atoms with Crippen LogP contribution in [0.5, 0.6) is 5.75 Å². The SMILES string of the molecule is COc1ccc([C@H](C)NC(=O)CCC2CCNCC2)cc1. The molecule has 2 rings (SSSR count). The molecule has 0 spiro atoms. The number of carbonyl (C=O) groups is 1. The third-order valence-electron chi connectivity index (χ3n) is 4.23. The predicted octanol–water partition coefficient (Wildman–Crippen LogP) is 2.65. The first-order chi connectivity index (χ1) is 10.2. The number of nitrogens with one attached hydrogen (secondary N) is 2. The van der Waals surface area contributed by atoms with Gasteiger partial charge in [0.25, 0.3) is 0 Å². The van der Waals surface area contributed by atoms with Gasteiger partial charge in [0.15, 0.2) is 0 Å². The molecule has 0 radical (unpaired) electrons. The van der Waals surface area contributed by atoms with E-state index < -0.39 is 0 Å².